The molecule has 0 aromatic carbocycles. The molecule has 0 radical (unpaired) electrons. The number of aromatic nitrogens is 4. The van der Waals surface area contributed by atoms with Crippen LogP contribution in [0.25, 0.3) is 0 Å². The van der Waals surface area contributed by atoms with E-state index >= 15 is 0 Å². The quantitative estimate of drug-likeness (QED) is 0.744. The van der Waals surface area contributed by atoms with Crippen LogP contribution in [0.15, 0.2) is 22.9 Å². The lowest BCUT2D eigenvalue weighted by molar-refractivity contribution is 0.271. The first-order valence-electron chi connectivity index (χ1n) is 5.19. The van der Waals surface area contributed by atoms with E-state index in [0.29, 0.717) is 18.3 Å². The van der Waals surface area contributed by atoms with Gasteiger partial charge >= 0.3 is 0 Å². The molecule has 2 aromatic heterocycles. The summed E-state index contributed by atoms with van der Waals surface area (Å²) >= 11 is 0. The SMILES string of the molecule is Cc1nnc(CN(C)CCn2cccn2)o1. The van der Waals surface area contributed by atoms with Crippen molar-refractivity contribution in [3.63, 3.8) is 0 Å². The summed E-state index contributed by atoms with van der Waals surface area (Å²) in [5.41, 5.74) is 0. The molecule has 0 spiro atoms. The molecule has 0 aliphatic carbocycles. The van der Waals surface area contributed by atoms with E-state index in [1.165, 1.54) is 0 Å². The fourth-order valence-corrected chi connectivity index (χ4v) is 1.42. The summed E-state index contributed by atoms with van der Waals surface area (Å²) in [7, 11) is 2.02. The first-order chi connectivity index (χ1) is 7.74. The second-order valence-electron chi connectivity index (χ2n) is 3.72. The molecule has 0 fully saturated rings. The van der Waals surface area contributed by atoms with Gasteiger partial charge in [0.05, 0.1) is 13.1 Å². The van der Waals surface area contributed by atoms with Crippen LogP contribution in [0.1, 0.15) is 11.8 Å². The smallest absolute Gasteiger partial charge is 0.230 e. The molecule has 0 unspecified atom stereocenters. The fourth-order valence-electron chi connectivity index (χ4n) is 1.42. The van der Waals surface area contributed by atoms with Crippen LogP contribution in [-0.4, -0.2) is 38.5 Å². The van der Waals surface area contributed by atoms with E-state index in [2.05, 4.69) is 20.2 Å². The van der Waals surface area contributed by atoms with Crippen LogP contribution in [0, 0.1) is 6.92 Å². The highest BCUT2D eigenvalue weighted by molar-refractivity contribution is 4.80. The van der Waals surface area contributed by atoms with Crippen LogP contribution < -0.4 is 0 Å². The van der Waals surface area contributed by atoms with E-state index < -0.39 is 0 Å². The highest BCUT2D eigenvalue weighted by atomic mass is 16.4. The molecule has 0 amide bonds. The van der Waals surface area contributed by atoms with Crippen LogP contribution in [0.3, 0.4) is 0 Å². The van der Waals surface area contributed by atoms with Gasteiger partial charge in [-0.15, -0.1) is 10.2 Å². The lowest BCUT2D eigenvalue weighted by atomic mass is 10.5. The number of rotatable bonds is 5. The number of likely N-dealkylation sites (N-methyl/N-ethyl adjacent to an activating group) is 1. The summed E-state index contributed by atoms with van der Waals surface area (Å²) < 4.78 is 7.20. The zero-order chi connectivity index (χ0) is 11.4. The zero-order valence-electron chi connectivity index (χ0n) is 9.50. The van der Waals surface area contributed by atoms with Crippen molar-refractivity contribution in [2.75, 3.05) is 13.6 Å². The molecule has 6 heteroatoms. The van der Waals surface area contributed by atoms with Gasteiger partial charge in [0.15, 0.2) is 0 Å². The van der Waals surface area contributed by atoms with Gasteiger partial charge in [0, 0.05) is 25.9 Å². The maximum atomic E-state index is 5.30. The maximum Gasteiger partial charge on any atom is 0.230 e. The summed E-state index contributed by atoms with van der Waals surface area (Å²) in [6, 6.07) is 1.92. The molecule has 0 N–H and O–H groups in total. The molecule has 2 aromatic rings. The van der Waals surface area contributed by atoms with Crippen LogP contribution in [0.5, 0.6) is 0 Å². The molecule has 0 saturated carbocycles. The van der Waals surface area contributed by atoms with Gasteiger partial charge in [-0.05, 0) is 13.1 Å². The van der Waals surface area contributed by atoms with E-state index in [1.807, 2.05) is 24.0 Å². The third-order valence-corrected chi connectivity index (χ3v) is 2.24. The first kappa shape index (κ1) is 10.8. The molecule has 0 atom stereocenters. The van der Waals surface area contributed by atoms with Crippen molar-refractivity contribution < 1.29 is 4.42 Å². The van der Waals surface area contributed by atoms with Gasteiger partial charge in [-0.1, -0.05) is 0 Å². The fraction of sp³-hybridized carbons (Fsp3) is 0.500. The predicted octanol–water partition coefficient (Wildman–Crippen LogP) is 0.707. The Bertz CT molecular complexity index is 422. The van der Waals surface area contributed by atoms with E-state index in [0.717, 1.165) is 13.1 Å². The first-order valence-corrected chi connectivity index (χ1v) is 5.19. The van der Waals surface area contributed by atoms with Crippen molar-refractivity contribution in [3.05, 3.63) is 30.2 Å². The number of hydrogen-bond acceptors (Lipinski definition) is 5. The Morgan fingerprint density at radius 2 is 2.31 bits per heavy atom. The average molecular weight is 221 g/mol. The largest absolute Gasteiger partial charge is 0.424 e. The van der Waals surface area contributed by atoms with Crippen molar-refractivity contribution in [2.24, 2.45) is 0 Å². The Morgan fingerprint density at radius 3 is 2.94 bits per heavy atom. The van der Waals surface area contributed by atoms with Crippen LogP contribution >= 0.6 is 0 Å². The summed E-state index contributed by atoms with van der Waals surface area (Å²) in [5.74, 6) is 1.26. The Balaban J connectivity index is 1.78. The Morgan fingerprint density at radius 1 is 1.44 bits per heavy atom. The highest BCUT2D eigenvalue weighted by Gasteiger charge is 2.06. The van der Waals surface area contributed by atoms with Gasteiger partial charge < -0.3 is 4.42 Å². The Hall–Kier alpha value is -1.69. The normalized spacial score (nSPS) is 11.2. The maximum absolute atomic E-state index is 5.30. The minimum Gasteiger partial charge on any atom is -0.424 e. The van der Waals surface area contributed by atoms with E-state index in [9.17, 15) is 0 Å². The van der Waals surface area contributed by atoms with E-state index in [-0.39, 0.29) is 0 Å². The van der Waals surface area contributed by atoms with Crippen LogP contribution in [0.4, 0.5) is 0 Å². The third kappa shape index (κ3) is 2.90. The van der Waals surface area contributed by atoms with Gasteiger partial charge in [0.2, 0.25) is 11.8 Å². The highest BCUT2D eigenvalue weighted by Crippen LogP contribution is 2.01. The van der Waals surface area contributed by atoms with E-state index in [1.54, 1.807) is 13.1 Å². The monoisotopic (exact) mass is 221 g/mol. The van der Waals surface area contributed by atoms with Crippen molar-refractivity contribution in [3.8, 4) is 0 Å². The van der Waals surface area contributed by atoms with Crippen molar-refractivity contribution in [1.29, 1.82) is 0 Å². The number of hydrogen-bond donors (Lipinski definition) is 0. The van der Waals surface area contributed by atoms with Crippen LogP contribution in [0.2, 0.25) is 0 Å². The Kier molecular flexibility index (Phi) is 3.31. The molecular formula is C10H15N5O. The molecule has 16 heavy (non-hydrogen) atoms. The Labute approximate surface area is 93.9 Å². The van der Waals surface area contributed by atoms with Crippen LogP contribution in [-0.2, 0) is 13.1 Å². The zero-order valence-corrected chi connectivity index (χ0v) is 9.50. The molecule has 2 heterocycles. The number of nitrogens with zero attached hydrogens (tertiary/aromatic N) is 5. The lowest BCUT2D eigenvalue weighted by Gasteiger charge is -2.13. The molecule has 2 rings (SSSR count). The number of aryl methyl sites for hydroxylation is 1. The second-order valence-corrected chi connectivity index (χ2v) is 3.72. The summed E-state index contributed by atoms with van der Waals surface area (Å²) in [4.78, 5) is 2.12. The van der Waals surface area contributed by atoms with E-state index in [4.69, 9.17) is 4.42 Å². The van der Waals surface area contributed by atoms with Gasteiger partial charge in [-0.3, -0.25) is 9.58 Å². The molecule has 0 aliphatic rings. The molecule has 0 saturated heterocycles. The minimum absolute atomic E-state index is 0.607. The lowest BCUT2D eigenvalue weighted by Crippen LogP contribution is -2.23. The topological polar surface area (TPSA) is 60.0 Å². The van der Waals surface area contributed by atoms with Gasteiger partial charge in [-0.25, -0.2) is 0 Å². The predicted molar refractivity (Wildman–Crippen MR) is 57.6 cm³/mol. The van der Waals surface area contributed by atoms with Gasteiger partial charge in [0.25, 0.3) is 0 Å². The standard InChI is InChI=1S/C10H15N5O/c1-9-12-13-10(16-9)8-14(2)6-7-15-5-3-4-11-15/h3-5H,6-8H2,1-2H3. The van der Waals surface area contributed by atoms with Crippen molar-refractivity contribution in [1.82, 2.24) is 24.9 Å². The average Bonchev–Trinajstić information content (AvgIpc) is 2.87. The summed E-state index contributed by atoms with van der Waals surface area (Å²) in [6.45, 7) is 4.21. The second kappa shape index (κ2) is 4.89. The molecule has 0 bridgehead atoms. The third-order valence-electron chi connectivity index (χ3n) is 2.24. The summed E-state index contributed by atoms with van der Waals surface area (Å²) in [6.07, 6.45) is 3.73. The molecule has 6 nitrogen and oxygen atoms in total. The van der Waals surface area contributed by atoms with Gasteiger partial charge in [-0.2, -0.15) is 5.10 Å². The van der Waals surface area contributed by atoms with Gasteiger partial charge in [0.1, 0.15) is 0 Å². The summed E-state index contributed by atoms with van der Waals surface area (Å²) in [5, 5.41) is 11.9. The molecular weight excluding hydrogens is 206 g/mol. The molecule has 0 aliphatic heterocycles. The van der Waals surface area contributed by atoms with Crippen molar-refractivity contribution in [2.45, 2.75) is 20.0 Å². The van der Waals surface area contributed by atoms with Crippen molar-refractivity contribution >= 4 is 0 Å². The molecule has 86 valence electrons. The minimum atomic E-state index is 0.607.